The summed E-state index contributed by atoms with van der Waals surface area (Å²) in [4.78, 5) is 33.8. The van der Waals surface area contributed by atoms with E-state index in [0.29, 0.717) is 25.9 Å². The summed E-state index contributed by atoms with van der Waals surface area (Å²) in [7, 11) is 3.68. The summed E-state index contributed by atoms with van der Waals surface area (Å²) in [5, 5.41) is 0. The average molecular weight is 356 g/mol. The van der Waals surface area contributed by atoms with E-state index < -0.39 is 0 Å². The van der Waals surface area contributed by atoms with E-state index in [1.807, 2.05) is 28.8 Å². The molecule has 2 aliphatic rings. The van der Waals surface area contributed by atoms with E-state index in [2.05, 4.69) is 4.98 Å². The monoisotopic (exact) mass is 356 g/mol. The Kier molecular flexibility index (Phi) is 4.30. The lowest BCUT2D eigenvalue weighted by Crippen LogP contribution is -2.48. The van der Waals surface area contributed by atoms with Crippen LogP contribution in [0.5, 0.6) is 0 Å². The third-order valence-corrected chi connectivity index (χ3v) is 5.64. The molecule has 0 aromatic carbocycles. The van der Waals surface area contributed by atoms with E-state index in [1.165, 1.54) is 0 Å². The number of carbonyl (C=O) groups excluding carboxylic acids is 2. The van der Waals surface area contributed by atoms with Crippen LogP contribution in [0.3, 0.4) is 0 Å². The highest BCUT2D eigenvalue weighted by Crippen LogP contribution is 2.36. The minimum atomic E-state index is -0.323. The molecule has 1 saturated heterocycles. The van der Waals surface area contributed by atoms with Crippen LogP contribution in [-0.4, -0.2) is 44.8 Å². The van der Waals surface area contributed by atoms with E-state index in [-0.39, 0.29) is 23.8 Å². The van der Waals surface area contributed by atoms with Crippen molar-refractivity contribution in [3.05, 3.63) is 41.9 Å². The molecular formula is C19H24N4O3. The van der Waals surface area contributed by atoms with Gasteiger partial charge in [0.25, 0.3) is 0 Å². The van der Waals surface area contributed by atoms with Crippen LogP contribution in [0.4, 0.5) is 0 Å². The van der Waals surface area contributed by atoms with E-state index in [9.17, 15) is 9.59 Å². The third-order valence-electron chi connectivity index (χ3n) is 5.64. The average Bonchev–Trinajstić information content (AvgIpc) is 3.20. The van der Waals surface area contributed by atoms with Gasteiger partial charge in [-0.15, -0.1) is 0 Å². The lowest BCUT2D eigenvalue weighted by atomic mass is 9.87. The Bertz CT molecular complexity index is 824. The summed E-state index contributed by atoms with van der Waals surface area (Å²) in [6.07, 6.45) is 7.98. The van der Waals surface area contributed by atoms with Crippen LogP contribution in [0.1, 0.15) is 42.5 Å². The van der Waals surface area contributed by atoms with Crippen LogP contribution in [0.15, 0.2) is 29.1 Å². The largest absolute Gasteiger partial charge is 0.469 e. The maximum absolute atomic E-state index is 13.4. The molecule has 4 rings (SSSR count). The van der Waals surface area contributed by atoms with Gasteiger partial charge >= 0.3 is 0 Å². The molecule has 7 heteroatoms. The Morgan fingerprint density at radius 2 is 2.15 bits per heavy atom. The lowest BCUT2D eigenvalue weighted by Gasteiger charge is -2.39. The molecule has 2 aromatic rings. The van der Waals surface area contributed by atoms with Crippen molar-refractivity contribution in [1.29, 1.82) is 0 Å². The summed E-state index contributed by atoms with van der Waals surface area (Å²) in [5.41, 5.74) is 1.09. The standard InChI is InChI=1S/C19H24N4O3/c1-21-10-8-20-18(21)17-14(5-6-16(24)22(17)2)19(25)23-9-3-4-15-13(12-23)7-11-26-15/h7-8,10-11,14,17H,3-6,9,12H2,1-2H3/t14-,17-/m0/s1. The first kappa shape index (κ1) is 16.9. The number of rotatable bonds is 2. The number of furan rings is 1. The number of hydrogen-bond donors (Lipinski definition) is 0. The predicted molar refractivity (Wildman–Crippen MR) is 93.9 cm³/mol. The van der Waals surface area contributed by atoms with Crippen molar-refractivity contribution in [2.45, 2.75) is 38.3 Å². The third kappa shape index (κ3) is 2.81. The Morgan fingerprint density at radius 1 is 1.31 bits per heavy atom. The number of likely N-dealkylation sites (tertiary alicyclic amines) is 1. The van der Waals surface area contributed by atoms with Gasteiger partial charge in [0.2, 0.25) is 11.8 Å². The number of carbonyl (C=O) groups is 2. The first-order valence-corrected chi connectivity index (χ1v) is 9.13. The molecule has 2 amide bonds. The molecule has 1 fully saturated rings. The van der Waals surface area contributed by atoms with Crippen molar-refractivity contribution in [3.63, 3.8) is 0 Å². The van der Waals surface area contributed by atoms with Crippen LogP contribution in [-0.2, 0) is 29.6 Å². The zero-order valence-electron chi connectivity index (χ0n) is 15.2. The fourth-order valence-corrected chi connectivity index (χ4v) is 4.18. The van der Waals surface area contributed by atoms with Gasteiger partial charge in [0.1, 0.15) is 17.6 Å². The van der Waals surface area contributed by atoms with E-state index in [4.69, 9.17) is 4.42 Å². The highest BCUT2D eigenvalue weighted by Gasteiger charge is 2.42. The minimum absolute atomic E-state index is 0.0648. The SMILES string of the molecule is CN1C(=O)CC[C@H](C(=O)N2CCCc3occc3C2)[C@H]1c1nccn1C. The Morgan fingerprint density at radius 3 is 2.92 bits per heavy atom. The summed E-state index contributed by atoms with van der Waals surface area (Å²) in [6.45, 7) is 1.29. The van der Waals surface area contributed by atoms with E-state index >= 15 is 0 Å². The number of piperidine rings is 1. The van der Waals surface area contributed by atoms with Crippen molar-refractivity contribution >= 4 is 11.8 Å². The topological polar surface area (TPSA) is 71.6 Å². The van der Waals surface area contributed by atoms with Gasteiger partial charge in [-0.3, -0.25) is 9.59 Å². The molecular weight excluding hydrogens is 332 g/mol. The normalized spacial score (nSPS) is 23.7. The second-order valence-electron chi connectivity index (χ2n) is 7.22. The number of aryl methyl sites for hydroxylation is 2. The molecule has 4 heterocycles. The predicted octanol–water partition coefficient (Wildman–Crippen LogP) is 1.90. The van der Waals surface area contributed by atoms with Crippen molar-refractivity contribution in [2.24, 2.45) is 13.0 Å². The fraction of sp³-hybridized carbons (Fsp3) is 0.526. The molecule has 0 bridgehead atoms. The van der Waals surface area contributed by atoms with Gasteiger partial charge in [-0.05, 0) is 18.9 Å². The highest BCUT2D eigenvalue weighted by molar-refractivity contribution is 5.84. The van der Waals surface area contributed by atoms with Gasteiger partial charge in [-0.2, -0.15) is 0 Å². The van der Waals surface area contributed by atoms with Crippen LogP contribution in [0.25, 0.3) is 0 Å². The van der Waals surface area contributed by atoms with Crippen molar-refractivity contribution in [2.75, 3.05) is 13.6 Å². The minimum Gasteiger partial charge on any atom is -0.469 e. The smallest absolute Gasteiger partial charge is 0.228 e. The number of imidazole rings is 1. The van der Waals surface area contributed by atoms with Crippen molar-refractivity contribution < 1.29 is 14.0 Å². The summed E-state index contributed by atoms with van der Waals surface area (Å²) in [5.74, 6) is 1.64. The molecule has 0 saturated carbocycles. The number of amides is 2. The Hall–Kier alpha value is -2.57. The van der Waals surface area contributed by atoms with Crippen molar-refractivity contribution in [3.8, 4) is 0 Å². The first-order valence-electron chi connectivity index (χ1n) is 9.13. The van der Waals surface area contributed by atoms with Gasteiger partial charge in [-0.25, -0.2) is 4.98 Å². The molecule has 2 aromatic heterocycles. The molecule has 0 unspecified atom stereocenters. The number of hydrogen-bond acceptors (Lipinski definition) is 4. The highest BCUT2D eigenvalue weighted by atomic mass is 16.3. The number of nitrogens with zero attached hydrogens (tertiary/aromatic N) is 4. The first-order chi connectivity index (χ1) is 12.6. The van der Waals surface area contributed by atoms with Crippen LogP contribution < -0.4 is 0 Å². The van der Waals surface area contributed by atoms with Gasteiger partial charge in [0, 0.05) is 58.0 Å². The molecule has 2 aliphatic heterocycles. The van der Waals surface area contributed by atoms with Crippen molar-refractivity contribution in [1.82, 2.24) is 19.4 Å². The molecule has 2 atom stereocenters. The van der Waals surface area contributed by atoms with Gasteiger partial charge < -0.3 is 18.8 Å². The number of fused-ring (bicyclic) bond motifs is 1. The zero-order chi connectivity index (χ0) is 18.3. The Labute approximate surface area is 152 Å². The van der Waals surface area contributed by atoms with Crippen LogP contribution in [0, 0.1) is 5.92 Å². The van der Waals surface area contributed by atoms with Gasteiger partial charge in [-0.1, -0.05) is 0 Å². The maximum atomic E-state index is 13.4. The van der Waals surface area contributed by atoms with Crippen LogP contribution in [0.2, 0.25) is 0 Å². The molecule has 138 valence electrons. The number of aromatic nitrogens is 2. The quantitative estimate of drug-likeness (QED) is 0.824. The summed E-state index contributed by atoms with van der Waals surface area (Å²) < 4.78 is 7.43. The second kappa shape index (κ2) is 6.63. The maximum Gasteiger partial charge on any atom is 0.228 e. The summed E-state index contributed by atoms with van der Waals surface area (Å²) >= 11 is 0. The van der Waals surface area contributed by atoms with Gasteiger partial charge in [0.15, 0.2) is 0 Å². The molecule has 0 aliphatic carbocycles. The molecule has 0 N–H and O–H groups in total. The molecule has 26 heavy (non-hydrogen) atoms. The molecule has 0 radical (unpaired) electrons. The lowest BCUT2D eigenvalue weighted by molar-refractivity contribution is -0.147. The fourth-order valence-electron chi connectivity index (χ4n) is 4.18. The Balaban J connectivity index is 1.63. The molecule has 7 nitrogen and oxygen atoms in total. The van der Waals surface area contributed by atoms with E-state index in [1.54, 1.807) is 24.4 Å². The van der Waals surface area contributed by atoms with E-state index in [0.717, 1.165) is 30.0 Å². The second-order valence-corrected chi connectivity index (χ2v) is 7.22. The zero-order valence-corrected chi connectivity index (χ0v) is 15.2. The molecule has 0 spiro atoms. The van der Waals surface area contributed by atoms with Crippen LogP contribution >= 0.6 is 0 Å². The van der Waals surface area contributed by atoms with Gasteiger partial charge in [0.05, 0.1) is 12.2 Å². The summed E-state index contributed by atoms with van der Waals surface area (Å²) in [6, 6.07) is 1.63.